The maximum absolute atomic E-state index is 13.1. The van der Waals surface area contributed by atoms with Gasteiger partial charge in [0.2, 0.25) is 0 Å². The van der Waals surface area contributed by atoms with E-state index in [-0.39, 0.29) is 16.6 Å². The van der Waals surface area contributed by atoms with Crippen LogP contribution in [0, 0.1) is 0 Å². The average Bonchev–Trinajstić information content (AvgIpc) is 2.73. The van der Waals surface area contributed by atoms with E-state index < -0.39 is 9.84 Å². The molecule has 0 saturated carbocycles. The van der Waals surface area contributed by atoms with Gasteiger partial charge in [0.25, 0.3) is 5.91 Å². The molecule has 1 heterocycles. The van der Waals surface area contributed by atoms with Crippen LogP contribution in [0.25, 0.3) is 6.08 Å². The van der Waals surface area contributed by atoms with Crippen LogP contribution in [0.4, 0.5) is 11.4 Å². The van der Waals surface area contributed by atoms with E-state index >= 15 is 0 Å². The Kier molecular flexibility index (Phi) is 6.30. The van der Waals surface area contributed by atoms with Gasteiger partial charge in [0, 0.05) is 19.5 Å². The minimum atomic E-state index is -3.61. The number of fused-ring (bicyclic) bond motifs is 1. The molecule has 0 unspecified atom stereocenters. The first-order valence-electron chi connectivity index (χ1n) is 9.09. The third-order valence-electron chi connectivity index (χ3n) is 4.63. The van der Waals surface area contributed by atoms with E-state index in [2.05, 4.69) is 37.2 Å². The predicted octanol–water partition coefficient (Wildman–Crippen LogP) is 5.85. The Morgan fingerprint density at radius 2 is 1.68 bits per heavy atom. The lowest BCUT2D eigenvalue weighted by molar-refractivity contribution is -0.112. The van der Waals surface area contributed by atoms with Gasteiger partial charge in [-0.1, -0.05) is 61.8 Å². The molecule has 5 nitrogen and oxygen atoms in total. The molecule has 4 rings (SSSR count). The van der Waals surface area contributed by atoms with Crippen LogP contribution < -0.4 is 11.1 Å². The van der Waals surface area contributed by atoms with Crippen molar-refractivity contribution in [1.29, 1.82) is 0 Å². The fourth-order valence-electron chi connectivity index (χ4n) is 3.01. The summed E-state index contributed by atoms with van der Waals surface area (Å²) in [5.74, 6) is -0.388. The number of benzene rings is 3. The molecule has 1 aliphatic heterocycles. The Morgan fingerprint density at radius 1 is 1.00 bits per heavy atom. The summed E-state index contributed by atoms with van der Waals surface area (Å²) in [4.78, 5) is 13.8. The van der Waals surface area contributed by atoms with Crippen molar-refractivity contribution in [3.05, 3.63) is 85.6 Å². The van der Waals surface area contributed by atoms with Crippen molar-refractivity contribution in [2.24, 2.45) is 0 Å². The number of hydrogen-bond acceptors (Lipinski definition) is 5. The zero-order chi connectivity index (χ0) is 22.2. The molecule has 0 spiro atoms. The first-order valence-corrected chi connectivity index (χ1v) is 13.1. The largest absolute Gasteiger partial charge is 0.399 e. The van der Waals surface area contributed by atoms with Crippen molar-refractivity contribution in [1.82, 2.24) is 0 Å². The van der Waals surface area contributed by atoms with E-state index in [9.17, 15) is 13.2 Å². The quantitative estimate of drug-likeness (QED) is 0.299. The van der Waals surface area contributed by atoms with Gasteiger partial charge in [-0.05, 0) is 59.7 Å². The van der Waals surface area contributed by atoms with E-state index in [1.54, 1.807) is 30.3 Å². The van der Waals surface area contributed by atoms with Gasteiger partial charge in [-0.15, -0.1) is 0 Å². The topological polar surface area (TPSA) is 89.3 Å². The average molecular weight is 580 g/mol. The summed E-state index contributed by atoms with van der Waals surface area (Å²) in [5, 5.41) is 2.83. The molecule has 0 radical (unpaired) electrons. The summed E-state index contributed by atoms with van der Waals surface area (Å²) in [6, 6.07) is 17.4. The van der Waals surface area contributed by atoms with Gasteiger partial charge in [0.05, 0.1) is 21.2 Å². The monoisotopic (exact) mass is 578 g/mol. The van der Waals surface area contributed by atoms with Crippen LogP contribution in [-0.4, -0.2) is 14.3 Å². The minimum absolute atomic E-state index is 0.154. The van der Waals surface area contributed by atoms with Gasteiger partial charge in [0.1, 0.15) is 0 Å². The molecule has 0 aromatic heterocycles. The van der Waals surface area contributed by atoms with Crippen LogP contribution in [0.3, 0.4) is 0 Å². The molecule has 3 aromatic rings. The summed E-state index contributed by atoms with van der Waals surface area (Å²) >= 11 is 8.08. The molecule has 31 heavy (non-hydrogen) atoms. The van der Waals surface area contributed by atoms with Crippen LogP contribution in [0.15, 0.2) is 84.3 Å². The number of thioether (sulfide) groups is 1. The molecule has 158 valence electrons. The molecule has 3 aromatic carbocycles. The summed E-state index contributed by atoms with van der Waals surface area (Å²) in [6.07, 6.45) is 1.75. The van der Waals surface area contributed by atoms with E-state index in [4.69, 9.17) is 5.73 Å². The fourth-order valence-corrected chi connectivity index (χ4v) is 7.16. The highest BCUT2D eigenvalue weighted by Gasteiger charge is 2.25. The zero-order valence-corrected chi connectivity index (χ0v) is 20.7. The van der Waals surface area contributed by atoms with E-state index in [1.807, 2.05) is 30.3 Å². The first-order chi connectivity index (χ1) is 14.7. The SMILES string of the molecule is Nc1ccc(/C=C2/Sc3cc(S(=O)(=O)Cc4c(Br)cccc4Br)ccc3NC2=O)cc1. The number of halogens is 2. The molecule has 1 amide bonds. The molecular formula is C22H16Br2N2O3S2. The third-order valence-corrected chi connectivity index (χ3v) is 8.84. The second-order valence-corrected chi connectivity index (χ2v) is 11.6. The lowest BCUT2D eigenvalue weighted by atomic mass is 10.2. The number of nitrogen functional groups attached to an aromatic ring is 1. The van der Waals surface area contributed by atoms with Gasteiger partial charge in [0.15, 0.2) is 9.84 Å². The highest BCUT2D eigenvalue weighted by atomic mass is 79.9. The Morgan fingerprint density at radius 3 is 2.35 bits per heavy atom. The van der Waals surface area contributed by atoms with Crippen molar-refractivity contribution in [3.63, 3.8) is 0 Å². The van der Waals surface area contributed by atoms with Crippen molar-refractivity contribution in [2.45, 2.75) is 15.5 Å². The highest BCUT2D eigenvalue weighted by molar-refractivity contribution is 9.11. The number of nitrogens with two attached hydrogens (primary N) is 1. The molecular weight excluding hydrogens is 564 g/mol. The van der Waals surface area contributed by atoms with Gasteiger partial charge in [-0.25, -0.2) is 8.42 Å². The molecule has 0 atom stereocenters. The molecule has 1 aliphatic rings. The standard InChI is InChI=1S/C22H16Br2N2O3S2/c23-17-2-1-3-18(24)16(17)12-31(28,29)15-8-9-19-20(11-15)30-21(22(27)26-19)10-13-4-6-14(25)7-5-13/h1-11H,12,25H2,(H,26,27)/b21-10+. The van der Waals surface area contributed by atoms with Gasteiger partial charge in [-0.2, -0.15) is 0 Å². The van der Waals surface area contributed by atoms with Crippen LogP contribution in [0.2, 0.25) is 0 Å². The molecule has 0 saturated heterocycles. The summed E-state index contributed by atoms with van der Waals surface area (Å²) in [6.45, 7) is 0. The van der Waals surface area contributed by atoms with Gasteiger partial charge < -0.3 is 11.1 Å². The van der Waals surface area contributed by atoms with Crippen molar-refractivity contribution >= 4 is 76.8 Å². The lowest BCUT2D eigenvalue weighted by Crippen LogP contribution is -2.17. The first kappa shape index (κ1) is 22.1. The van der Waals surface area contributed by atoms with Crippen molar-refractivity contribution in [3.8, 4) is 0 Å². The third kappa shape index (κ3) is 4.90. The fraction of sp³-hybridized carbons (Fsp3) is 0.0455. The number of nitrogens with one attached hydrogen (secondary N) is 1. The number of hydrogen-bond donors (Lipinski definition) is 2. The van der Waals surface area contributed by atoms with Crippen molar-refractivity contribution in [2.75, 3.05) is 11.1 Å². The second kappa shape index (κ2) is 8.82. The Bertz CT molecular complexity index is 1300. The summed E-state index contributed by atoms with van der Waals surface area (Å²) in [7, 11) is -3.61. The molecule has 9 heteroatoms. The maximum atomic E-state index is 13.1. The van der Waals surface area contributed by atoms with Crippen LogP contribution in [-0.2, 0) is 20.4 Å². The van der Waals surface area contributed by atoms with Crippen LogP contribution in [0.5, 0.6) is 0 Å². The summed E-state index contributed by atoms with van der Waals surface area (Å²) < 4.78 is 27.6. The highest BCUT2D eigenvalue weighted by Crippen LogP contribution is 2.40. The number of carbonyl (C=O) groups is 1. The number of rotatable bonds is 4. The number of anilines is 2. The molecule has 0 bridgehead atoms. The van der Waals surface area contributed by atoms with E-state index in [0.29, 0.717) is 26.7 Å². The maximum Gasteiger partial charge on any atom is 0.262 e. The smallest absolute Gasteiger partial charge is 0.262 e. The van der Waals surface area contributed by atoms with Crippen molar-refractivity contribution < 1.29 is 13.2 Å². The number of sulfone groups is 1. The van der Waals surface area contributed by atoms with E-state index in [1.165, 1.54) is 17.8 Å². The predicted molar refractivity (Wildman–Crippen MR) is 132 cm³/mol. The lowest BCUT2D eigenvalue weighted by Gasteiger charge is -2.19. The summed E-state index contributed by atoms with van der Waals surface area (Å²) in [5.41, 5.74) is 8.43. The Hall–Kier alpha value is -2.07. The Balaban J connectivity index is 1.65. The zero-order valence-electron chi connectivity index (χ0n) is 15.9. The Labute approximate surface area is 201 Å². The minimum Gasteiger partial charge on any atom is -0.399 e. The second-order valence-electron chi connectivity index (χ2n) is 6.85. The van der Waals surface area contributed by atoms with E-state index in [0.717, 1.165) is 14.5 Å². The number of carbonyl (C=O) groups excluding carboxylic acids is 1. The number of amides is 1. The molecule has 0 aliphatic carbocycles. The van der Waals surface area contributed by atoms with Crippen LogP contribution >= 0.6 is 43.6 Å². The molecule has 3 N–H and O–H groups in total. The molecule has 0 fully saturated rings. The van der Waals surface area contributed by atoms with Crippen LogP contribution in [0.1, 0.15) is 11.1 Å². The normalized spacial score (nSPS) is 14.9. The van der Waals surface area contributed by atoms with Gasteiger partial charge in [-0.3, -0.25) is 4.79 Å². The van der Waals surface area contributed by atoms with Gasteiger partial charge >= 0.3 is 0 Å².